The van der Waals surface area contributed by atoms with E-state index in [0.29, 0.717) is 22.7 Å². The van der Waals surface area contributed by atoms with Gasteiger partial charge in [0.1, 0.15) is 0 Å². The van der Waals surface area contributed by atoms with Gasteiger partial charge in [-0.2, -0.15) is 0 Å². The molecule has 0 bridgehead atoms. The molecule has 0 aliphatic carbocycles. The van der Waals surface area contributed by atoms with Crippen LogP contribution in [0.4, 0.5) is 4.79 Å². The first-order valence-electron chi connectivity index (χ1n) is 8.81. The van der Waals surface area contributed by atoms with E-state index in [1.54, 1.807) is 20.8 Å². The van der Waals surface area contributed by atoms with E-state index in [2.05, 4.69) is 4.98 Å². The number of nitrogens with zero attached hydrogens (tertiary/aromatic N) is 2. The molecule has 27 heavy (non-hydrogen) atoms. The van der Waals surface area contributed by atoms with Gasteiger partial charge in [0.2, 0.25) is 0 Å². The average Bonchev–Trinajstić information content (AvgIpc) is 3.02. The van der Waals surface area contributed by atoms with Crippen LogP contribution in [-0.4, -0.2) is 64.1 Å². The van der Waals surface area contributed by atoms with Crippen LogP contribution in [0.2, 0.25) is 0 Å². The fourth-order valence-corrected chi connectivity index (χ4v) is 3.01. The number of ketones is 1. The minimum absolute atomic E-state index is 0.0611. The molecule has 0 unspecified atom stereocenters. The Labute approximate surface area is 156 Å². The van der Waals surface area contributed by atoms with E-state index in [1.165, 1.54) is 0 Å². The Kier molecular flexibility index (Phi) is 6.14. The Hall–Kier alpha value is -2.97. The molecule has 1 aromatic heterocycles. The molecule has 0 saturated carbocycles. The maximum Gasteiger partial charge on any atom is 0.340 e. The van der Waals surface area contributed by atoms with Crippen molar-refractivity contribution >= 4 is 29.6 Å². The van der Waals surface area contributed by atoms with Gasteiger partial charge >= 0.3 is 23.8 Å². The summed E-state index contributed by atoms with van der Waals surface area (Å²) in [7, 11) is 0. The average molecular weight is 377 g/mol. The van der Waals surface area contributed by atoms with E-state index in [9.17, 15) is 24.0 Å². The van der Waals surface area contributed by atoms with Crippen molar-refractivity contribution in [3.05, 3.63) is 22.5 Å². The van der Waals surface area contributed by atoms with Gasteiger partial charge in [-0.3, -0.25) is 19.3 Å². The first kappa shape index (κ1) is 20.3. The van der Waals surface area contributed by atoms with Crippen molar-refractivity contribution < 1.29 is 28.7 Å². The van der Waals surface area contributed by atoms with E-state index in [-0.39, 0.29) is 24.3 Å². The van der Waals surface area contributed by atoms with Crippen LogP contribution in [0.5, 0.6) is 0 Å². The Balaban J connectivity index is 2.28. The van der Waals surface area contributed by atoms with E-state index in [0.717, 1.165) is 11.3 Å². The second-order valence-corrected chi connectivity index (χ2v) is 6.25. The molecule has 1 saturated heterocycles. The second kappa shape index (κ2) is 8.15. The Morgan fingerprint density at radius 2 is 1.56 bits per heavy atom. The molecule has 0 atom stereocenters. The van der Waals surface area contributed by atoms with Crippen LogP contribution in [0.1, 0.15) is 58.8 Å². The Bertz CT molecular complexity index is 810. The van der Waals surface area contributed by atoms with Crippen molar-refractivity contribution in [3.8, 4) is 0 Å². The molecule has 2 heterocycles. The number of Topliss-reactive ketones (excluding diaryl/α,β-unsaturated/α-hetero) is 1. The number of amides is 4. The molecule has 0 aromatic carbocycles. The molecule has 4 amide bonds. The summed E-state index contributed by atoms with van der Waals surface area (Å²) in [4.78, 5) is 65.8. The zero-order chi connectivity index (χ0) is 20.3. The van der Waals surface area contributed by atoms with Crippen molar-refractivity contribution in [1.82, 2.24) is 14.8 Å². The number of hydrogen-bond acceptors (Lipinski definition) is 6. The molecule has 1 aromatic rings. The number of aromatic nitrogens is 1. The van der Waals surface area contributed by atoms with Gasteiger partial charge in [-0.1, -0.05) is 13.3 Å². The van der Waals surface area contributed by atoms with Crippen molar-refractivity contribution in [2.24, 2.45) is 0 Å². The van der Waals surface area contributed by atoms with Crippen LogP contribution in [0.15, 0.2) is 0 Å². The highest BCUT2D eigenvalue weighted by molar-refractivity contribution is 6.45. The summed E-state index contributed by atoms with van der Waals surface area (Å²) in [6.45, 7) is 6.42. The fraction of sp³-hybridized carbons (Fsp3) is 0.500. The summed E-state index contributed by atoms with van der Waals surface area (Å²) in [6, 6.07) is -0.811. The molecule has 1 fully saturated rings. The number of aryl methyl sites for hydroxylation is 2. The minimum Gasteiger partial charge on any atom is -0.462 e. The third-order valence-corrected chi connectivity index (χ3v) is 4.31. The molecule has 146 valence electrons. The zero-order valence-electron chi connectivity index (χ0n) is 15.9. The number of urea groups is 1. The van der Waals surface area contributed by atoms with Crippen LogP contribution in [0.25, 0.3) is 0 Å². The lowest BCUT2D eigenvalue weighted by Crippen LogP contribution is -2.37. The molecule has 0 spiro atoms. The van der Waals surface area contributed by atoms with Crippen molar-refractivity contribution in [2.75, 3.05) is 19.7 Å². The molecule has 0 radical (unpaired) electrons. The third kappa shape index (κ3) is 3.76. The summed E-state index contributed by atoms with van der Waals surface area (Å²) in [5.41, 5.74) is 1.02. The van der Waals surface area contributed by atoms with Crippen LogP contribution in [0.3, 0.4) is 0 Å². The number of unbranched alkanes of at least 4 members (excludes halogenated alkanes) is 1. The number of carbonyl (C=O) groups is 5. The maximum absolute atomic E-state index is 12.8. The SMILES string of the molecule is CCCCN1C(=O)C(=O)N(CC(=O)c2c(C)[nH]c(C)c2C(=O)OCC)C1=O. The van der Waals surface area contributed by atoms with Gasteiger partial charge < -0.3 is 9.72 Å². The molecule has 9 nitrogen and oxygen atoms in total. The fourth-order valence-electron chi connectivity index (χ4n) is 3.01. The Morgan fingerprint density at radius 3 is 2.15 bits per heavy atom. The second-order valence-electron chi connectivity index (χ2n) is 6.25. The minimum atomic E-state index is -1.04. The van der Waals surface area contributed by atoms with Crippen LogP contribution >= 0.6 is 0 Å². The molecule has 1 N–H and O–H groups in total. The normalized spacial score (nSPS) is 14.3. The number of rotatable bonds is 8. The monoisotopic (exact) mass is 377 g/mol. The van der Waals surface area contributed by atoms with Crippen LogP contribution in [-0.2, 0) is 14.3 Å². The zero-order valence-corrected chi connectivity index (χ0v) is 15.9. The number of nitrogens with one attached hydrogen (secondary N) is 1. The Morgan fingerprint density at radius 1 is 0.963 bits per heavy atom. The van der Waals surface area contributed by atoms with E-state index >= 15 is 0 Å². The highest BCUT2D eigenvalue weighted by Gasteiger charge is 2.45. The first-order valence-corrected chi connectivity index (χ1v) is 8.81. The van der Waals surface area contributed by atoms with Crippen LogP contribution in [0, 0.1) is 13.8 Å². The predicted octanol–water partition coefficient (Wildman–Crippen LogP) is 1.58. The summed E-state index contributed by atoms with van der Waals surface area (Å²) in [6.07, 6.45) is 1.31. The largest absolute Gasteiger partial charge is 0.462 e. The first-order chi connectivity index (χ1) is 12.7. The number of esters is 1. The molecule has 1 aliphatic heterocycles. The van der Waals surface area contributed by atoms with Gasteiger partial charge in [0.15, 0.2) is 5.78 Å². The van der Waals surface area contributed by atoms with Gasteiger partial charge in [0, 0.05) is 17.9 Å². The highest BCUT2D eigenvalue weighted by atomic mass is 16.5. The van der Waals surface area contributed by atoms with Gasteiger partial charge in [0.05, 0.1) is 24.3 Å². The maximum atomic E-state index is 12.8. The summed E-state index contributed by atoms with van der Waals surface area (Å²) in [5, 5.41) is 0. The standard InChI is InChI=1S/C18H23N3O6/c1-5-7-8-20-15(23)16(24)21(18(20)26)9-12(22)13-10(3)19-11(4)14(13)17(25)27-6-2/h19H,5-9H2,1-4H3. The third-order valence-electron chi connectivity index (χ3n) is 4.31. The number of imide groups is 2. The van der Waals surface area contributed by atoms with E-state index in [1.807, 2.05) is 6.92 Å². The van der Waals surface area contributed by atoms with Crippen molar-refractivity contribution in [1.29, 1.82) is 0 Å². The van der Waals surface area contributed by atoms with Gasteiger partial charge in [-0.15, -0.1) is 0 Å². The highest BCUT2D eigenvalue weighted by Crippen LogP contribution is 2.22. The van der Waals surface area contributed by atoms with Crippen molar-refractivity contribution in [3.63, 3.8) is 0 Å². The lowest BCUT2D eigenvalue weighted by atomic mass is 10.0. The number of H-pyrrole nitrogens is 1. The van der Waals surface area contributed by atoms with Gasteiger partial charge in [-0.05, 0) is 27.2 Å². The molecule has 1 aliphatic rings. The molecular weight excluding hydrogens is 354 g/mol. The lowest BCUT2D eigenvalue weighted by molar-refractivity contribution is -0.143. The number of hydrogen-bond donors (Lipinski definition) is 1. The predicted molar refractivity (Wildman–Crippen MR) is 94.3 cm³/mol. The van der Waals surface area contributed by atoms with Gasteiger partial charge in [-0.25, -0.2) is 14.5 Å². The van der Waals surface area contributed by atoms with Crippen LogP contribution < -0.4 is 0 Å². The molecular formula is C18H23N3O6. The number of aromatic amines is 1. The summed E-state index contributed by atoms with van der Waals surface area (Å²) in [5.74, 6) is -3.25. The number of ether oxygens (including phenoxy) is 1. The smallest absolute Gasteiger partial charge is 0.340 e. The lowest BCUT2D eigenvalue weighted by Gasteiger charge is -2.15. The molecule has 2 rings (SSSR count). The number of carbonyl (C=O) groups excluding carboxylic acids is 5. The van der Waals surface area contributed by atoms with E-state index < -0.39 is 36.1 Å². The van der Waals surface area contributed by atoms with Gasteiger partial charge in [0.25, 0.3) is 0 Å². The van der Waals surface area contributed by atoms with E-state index in [4.69, 9.17) is 4.74 Å². The summed E-state index contributed by atoms with van der Waals surface area (Å²) >= 11 is 0. The summed E-state index contributed by atoms with van der Waals surface area (Å²) < 4.78 is 4.98. The quantitative estimate of drug-likeness (QED) is 0.318. The van der Waals surface area contributed by atoms with Crippen molar-refractivity contribution in [2.45, 2.75) is 40.5 Å². The topological polar surface area (TPSA) is 117 Å². The molecule has 9 heteroatoms.